The van der Waals surface area contributed by atoms with E-state index in [0.29, 0.717) is 23.7 Å². The monoisotopic (exact) mass is 317 g/mol. The van der Waals surface area contributed by atoms with Gasteiger partial charge in [-0.3, -0.25) is 0 Å². The quantitative estimate of drug-likeness (QED) is 0.733. The van der Waals surface area contributed by atoms with E-state index < -0.39 is 0 Å². The molecule has 5 nitrogen and oxygen atoms in total. The zero-order chi connectivity index (χ0) is 17.1. The van der Waals surface area contributed by atoms with Crippen LogP contribution in [0.3, 0.4) is 0 Å². The summed E-state index contributed by atoms with van der Waals surface area (Å²) in [5.74, 6) is 1.06. The number of rotatable bonds is 5. The van der Waals surface area contributed by atoms with Crippen LogP contribution in [0.1, 0.15) is 22.8 Å². The van der Waals surface area contributed by atoms with E-state index in [1.807, 2.05) is 43.3 Å². The Morgan fingerprint density at radius 3 is 2.62 bits per heavy atom. The second kappa shape index (κ2) is 6.50. The molecule has 0 atom stereocenters. The van der Waals surface area contributed by atoms with Crippen molar-refractivity contribution in [1.29, 1.82) is 0 Å². The second-order valence-corrected chi connectivity index (χ2v) is 5.42. The number of allylic oxidation sites excluding steroid dienone is 4. The normalized spacial score (nSPS) is 11.6. The maximum Gasteiger partial charge on any atom is 0.198 e. The highest BCUT2D eigenvalue weighted by Crippen LogP contribution is 2.22. The number of aromatic nitrogens is 4. The number of nitrogens with two attached hydrogens (primary N) is 1. The molecule has 0 bridgehead atoms. The highest BCUT2D eigenvalue weighted by Gasteiger charge is 2.15. The standard InChI is InChI=1S/C19H19N5/c1-4-9-15(5-2)17-13(3)24-19(18(20)22-17)21-16(23-24)12-14-10-7-6-8-11-14/h4-11H,1-2,12H2,3H3,(H2,20,22)/b15-9+. The number of benzene rings is 1. The summed E-state index contributed by atoms with van der Waals surface area (Å²) in [5.41, 5.74) is 10.3. The van der Waals surface area contributed by atoms with E-state index >= 15 is 0 Å². The Hall–Kier alpha value is -3.21. The van der Waals surface area contributed by atoms with Crippen LogP contribution in [0.25, 0.3) is 11.2 Å². The van der Waals surface area contributed by atoms with Gasteiger partial charge in [0, 0.05) is 12.0 Å². The van der Waals surface area contributed by atoms with E-state index in [1.54, 1.807) is 16.7 Å². The van der Waals surface area contributed by atoms with Crippen LogP contribution in [0.2, 0.25) is 0 Å². The van der Waals surface area contributed by atoms with Crippen molar-refractivity contribution >= 4 is 17.0 Å². The van der Waals surface area contributed by atoms with E-state index in [9.17, 15) is 0 Å². The minimum Gasteiger partial charge on any atom is -0.381 e. The number of anilines is 1. The molecule has 3 aromatic rings. The fourth-order valence-electron chi connectivity index (χ4n) is 2.60. The molecule has 1 aromatic carbocycles. The van der Waals surface area contributed by atoms with Crippen molar-refractivity contribution in [3.8, 4) is 0 Å². The first kappa shape index (κ1) is 15.7. The summed E-state index contributed by atoms with van der Waals surface area (Å²) in [7, 11) is 0. The lowest BCUT2D eigenvalue weighted by molar-refractivity contribution is 0.858. The van der Waals surface area contributed by atoms with Crippen LogP contribution in [-0.2, 0) is 6.42 Å². The molecule has 2 N–H and O–H groups in total. The zero-order valence-corrected chi connectivity index (χ0v) is 13.6. The van der Waals surface area contributed by atoms with Crippen molar-refractivity contribution in [3.63, 3.8) is 0 Å². The summed E-state index contributed by atoms with van der Waals surface area (Å²) in [6.45, 7) is 9.49. The largest absolute Gasteiger partial charge is 0.381 e. The van der Waals surface area contributed by atoms with Gasteiger partial charge in [0.2, 0.25) is 0 Å². The van der Waals surface area contributed by atoms with Crippen LogP contribution in [0, 0.1) is 6.92 Å². The van der Waals surface area contributed by atoms with E-state index in [2.05, 4.69) is 28.2 Å². The van der Waals surface area contributed by atoms with Crippen molar-refractivity contribution in [2.75, 3.05) is 5.73 Å². The molecule has 0 aliphatic heterocycles. The SMILES string of the molecule is C=C/C=C(\C=C)c1nc(N)c2nc(Cc3ccccc3)nn2c1C. The minimum absolute atomic E-state index is 0.347. The maximum absolute atomic E-state index is 6.10. The Balaban J connectivity index is 2.11. The van der Waals surface area contributed by atoms with E-state index in [0.717, 1.165) is 22.5 Å². The molecule has 2 aromatic heterocycles. The lowest BCUT2D eigenvalue weighted by atomic mass is 10.1. The highest BCUT2D eigenvalue weighted by atomic mass is 15.3. The van der Waals surface area contributed by atoms with Gasteiger partial charge in [-0.1, -0.05) is 61.7 Å². The summed E-state index contributed by atoms with van der Waals surface area (Å²) in [4.78, 5) is 9.02. The van der Waals surface area contributed by atoms with Crippen LogP contribution < -0.4 is 5.73 Å². The lowest BCUT2D eigenvalue weighted by Gasteiger charge is -2.08. The Morgan fingerprint density at radius 2 is 1.96 bits per heavy atom. The number of fused-ring (bicyclic) bond motifs is 1. The average molecular weight is 317 g/mol. The average Bonchev–Trinajstić information content (AvgIpc) is 3.02. The Kier molecular flexibility index (Phi) is 4.24. The Labute approximate surface area is 140 Å². The first-order valence-corrected chi connectivity index (χ1v) is 7.65. The molecule has 0 unspecified atom stereocenters. The van der Waals surface area contributed by atoms with Gasteiger partial charge in [0.25, 0.3) is 0 Å². The lowest BCUT2D eigenvalue weighted by Crippen LogP contribution is -2.06. The van der Waals surface area contributed by atoms with Gasteiger partial charge in [-0.2, -0.15) is 5.10 Å². The van der Waals surface area contributed by atoms with Crippen LogP contribution in [0.4, 0.5) is 5.82 Å². The van der Waals surface area contributed by atoms with Crippen LogP contribution >= 0.6 is 0 Å². The van der Waals surface area contributed by atoms with Crippen LogP contribution in [0.5, 0.6) is 0 Å². The van der Waals surface area contributed by atoms with Gasteiger partial charge in [0.15, 0.2) is 17.3 Å². The number of hydrogen-bond donors (Lipinski definition) is 1. The molecular weight excluding hydrogens is 298 g/mol. The fourth-order valence-corrected chi connectivity index (χ4v) is 2.60. The van der Waals surface area contributed by atoms with E-state index in [-0.39, 0.29) is 0 Å². The summed E-state index contributed by atoms with van der Waals surface area (Å²) >= 11 is 0. The first-order valence-electron chi connectivity index (χ1n) is 7.65. The van der Waals surface area contributed by atoms with Gasteiger partial charge in [-0.05, 0) is 12.5 Å². The molecule has 0 radical (unpaired) electrons. The molecule has 0 fully saturated rings. The molecule has 120 valence electrons. The predicted molar refractivity (Wildman–Crippen MR) is 97.6 cm³/mol. The fraction of sp³-hybridized carbons (Fsp3) is 0.105. The maximum atomic E-state index is 6.10. The van der Waals surface area contributed by atoms with Gasteiger partial charge in [0.1, 0.15) is 0 Å². The smallest absolute Gasteiger partial charge is 0.198 e. The summed E-state index contributed by atoms with van der Waals surface area (Å²) < 4.78 is 1.75. The molecule has 0 spiro atoms. The molecule has 24 heavy (non-hydrogen) atoms. The van der Waals surface area contributed by atoms with Gasteiger partial charge in [0.05, 0.1) is 11.4 Å². The minimum atomic E-state index is 0.347. The molecule has 5 heteroatoms. The van der Waals surface area contributed by atoms with E-state index in [1.165, 1.54) is 0 Å². The van der Waals surface area contributed by atoms with Gasteiger partial charge >= 0.3 is 0 Å². The third-order valence-electron chi connectivity index (χ3n) is 3.77. The highest BCUT2D eigenvalue weighted by molar-refractivity contribution is 5.76. The molecule has 0 amide bonds. The summed E-state index contributed by atoms with van der Waals surface area (Å²) in [5, 5.41) is 4.60. The number of hydrogen-bond acceptors (Lipinski definition) is 4. The molecule has 2 heterocycles. The van der Waals surface area contributed by atoms with Crippen molar-refractivity contribution in [2.24, 2.45) is 0 Å². The van der Waals surface area contributed by atoms with Crippen LogP contribution in [0.15, 0.2) is 61.7 Å². The van der Waals surface area contributed by atoms with Crippen molar-refractivity contribution < 1.29 is 0 Å². The Morgan fingerprint density at radius 1 is 1.21 bits per heavy atom. The second-order valence-electron chi connectivity index (χ2n) is 5.42. The molecule has 0 saturated heterocycles. The molecule has 0 aliphatic rings. The topological polar surface area (TPSA) is 69.1 Å². The number of nitrogens with zero attached hydrogens (tertiary/aromatic N) is 4. The van der Waals surface area contributed by atoms with Gasteiger partial charge in [-0.25, -0.2) is 14.5 Å². The Bertz CT molecular complexity index is 935. The molecule has 0 saturated carbocycles. The predicted octanol–water partition coefficient (Wildman–Crippen LogP) is 3.36. The van der Waals surface area contributed by atoms with Crippen LogP contribution in [-0.4, -0.2) is 19.6 Å². The van der Waals surface area contributed by atoms with Crippen molar-refractivity contribution in [1.82, 2.24) is 19.6 Å². The van der Waals surface area contributed by atoms with Gasteiger partial charge in [-0.15, -0.1) is 0 Å². The summed E-state index contributed by atoms with van der Waals surface area (Å²) in [6, 6.07) is 10.1. The first-order chi connectivity index (χ1) is 11.6. The van der Waals surface area contributed by atoms with Gasteiger partial charge < -0.3 is 5.73 Å². The third-order valence-corrected chi connectivity index (χ3v) is 3.77. The number of nitrogen functional groups attached to an aromatic ring is 1. The van der Waals surface area contributed by atoms with Crippen molar-refractivity contribution in [2.45, 2.75) is 13.3 Å². The van der Waals surface area contributed by atoms with E-state index in [4.69, 9.17) is 5.73 Å². The zero-order valence-electron chi connectivity index (χ0n) is 13.6. The molecular formula is C19H19N5. The third kappa shape index (κ3) is 2.84. The van der Waals surface area contributed by atoms with Crippen molar-refractivity contribution in [3.05, 3.63) is 84.5 Å². The molecule has 3 rings (SSSR count). The molecule has 0 aliphatic carbocycles. The number of aryl methyl sites for hydroxylation is 1. The summed E-state index contributed by atoms with van der Waals surface area (Å²) in [6.07, 6.45) is 5.91.